The summed E-state index contributed by atoms with van der Waals surface area (Å²) in [7, 11) is 9.16. The summed E-state index contributed by atoms with van der Waals surface area (Å²) < 4.78 is 107. The van der Waals surface area contributed by atoms with Crippen LogP contribution in [0.5, 0.6) is 0 Å². The van der Waals surface area contributed by atoms with Crippen molar-refractivity contribution in [3.05, 3.63) is 0 Å². The number of aldehydes is 7. The zero-order valence-corrected chi connectivity index (χ0v) is 77.0. The van der Waals surface area contributed by atoms with Crippen molar-refractivity contribution in [2.24, 2.45) is 10.9 Å². The number of aliphatic hydroxyl groups excluding tert-OH is 12. The number of nitrogens with zero attached hydrogens (tertiary/aromatic N) is 1. The van der Waals surface area contributed by atoms with Crippen molar-refractivity contribution in [3.63, 3.8) is 0 Å². The molecule has 0 saturated carbocycles. The largest absolute Gasteiger partial charge is 1.00 e. The van der Waals surface area contributed by atoms with Gasteiger partial charge in [-0.05, 0) is 0 Å². The number of rotatable bonds is 51. The van der Waals surface area contributed by atoms with Gasteiger partial charge < -0.3 is 226 Å². The van der Waals surface area contributed by atoms with E-state index in [4.69, 9.17) is 95.8 Å². The summed E-state index contributed by atoms with van der Waals surface area (Å²) >= 11 is 0. The minimum atomic E-state index is -2.20. The Balaban J connectivity index is 0.000000741. The number of aliphatic hydroxyl groups is 12. The van der Waals surface area contributed by atoms with E-state index in [1.54, 1.807) is 5.43 Å². The summed E-state index contributed by atoms with van der Waals surface area (Å²) in [6, 6.07) is -4.39. The van der Waals surface area contributed by atoms with Crippen molar-refractivity contribution >= 4 is 97.6 Å². The zero-order chi connectivity index (χ0) is 98.1. The van der Waals surface area contributed by atoms with Gasteiger partial charge in [-0.1, -0.05) is 0 Å². The molecule has 133 heavy (non-hydrogen) atoms. The maximum atomic E-state index is 13.3. The van der Waals surface area contributed by atoms with Gasteiger partial charge in [-0.25, -0.2) is 11.3 Å². The first-order chi connectivity index (χ1) is 62.6. The minimum absolute atomic E-state index is 0. The van der Waals surface area contributed by atoms with Gasteiger partial charge in [0.1, 0.15) is 172 Å². The SMILES string of the molecule is COC(C=O)C(OC(/C=N/NC(=O)CC(=O)NNC(=O)C1OC(OC2C(O)C(CO)OC(OC)C2NCC=O)C(O)C(O)C1OC)OC1C(O)C(CO)OC(OC)C1NCC=O)C(=O)[O-].COC(C=O)C(OC(C=O)OC1C(O)C(CO)OC(OC)C1NCC=O)C(=O)[O-].COC1OC(CO)C(O)C(OC2OC(C(=O)NNC(=O)CC(=O)NN)C(OC)C(O)C2O)C1NCC=O.[Na+].[Na+]. The molecule has 6 saturated heterocycles. The average Bonchev–Trinajstić information content (AvgIpc) is 0.776. The second-order valence-electron chi connectivity index (χ2n) is 27.9. The minimum Gasteiger partial charge on any atom is -0.547 e. The summed E-state index contributed by atoms with van der Waals surface area (Å²) in [5, 5.41) is 162. The maximum Gasteiger partial charge on any atom is 1.00 e. The third-order valence-corrected chi connectivity index (χ3v) is 19.8. The molecule has 0 aliphatic carbocycles. The summed E-state index contributed by atoms with van der Waals surface area (Å²) in [5.41, 5.74) is 11.5. The average molecular weight is 1950 g/mol. The number of amides is 6. The van der Waals surface area contributed by atoms with Crippen LogP contribution >= 0.6 is 0 Å². The third kappa shape index (κ3) is 35.2. The molecule has 6 amide bonds. The Labute approximate surface area is 798 Å². The summed E-state index contributed by atoms with van der Waals surface area (Å²) in [5.74, 6) is -5.31. The molecule has 748 valence electrons. The molecule has 36 unspecified atom stereocenters. The van der Waals surface area contributed by atoms with E-state index in [2.05, 4.69) is 31.1 Å². The molecule has 0 radical (unpaired) electrons. The number of ether oxygens (including phenoxy) is 20. The standard InChI is InChI=1S/C35H56N6O24.C19H33N5O13.C16H25NO12.2Na/c1-56-16(13-46)26(32(54)55)62-19(63-27-20(36-5-7-42)33(58-3)60-14(11-44)22(27)49)10-38-39-17(47)9-18(48)40-41-31(53)30-29(57-2)24(51)25(52)35(65-30)64-28-21(37-6-8-43)34(59-4)61-15(12-45)23(28)50;1-33-15-12(30)13(31)19(37-16(15)17(32)24-23-9(28)5-8(27)22-20)36-14-10(21-3-4-25)18(34-2)35-7(6-26)11(14)29;1-25-9(6-20)13(15(23)24)28-10(7-21)29-14-11(17-3-4-18)16(26-2)27-8(5-19)12(14)22;;/h7-8,10,13-16,19-30,33-37,44-45,49-52H,5-6,9,11-12H2,1-4H3,(H,39,47)(H,40,48)(H,41,53)(H,54,55);4,7,10-16,18-19,21,26,29-31H,3,5-6,20H2,1-2H3,(H,22,27)(H,23,28)(H,24,32);4,6-14,16-17,19,22H,3,5H2,1-2H3,(H,23,24);;/q;;;2*+1/p-2/b38-10+;;;;. The molecule has 0 spiro atoms. The van der Waals surface area contributed by atoms with E-state index in [0.29, 0.717) is 31.4 Å². The van der Waals surface area contributed by atoms with Crippen LogP contribution in [0.3, 0.4) is 0 Å². The normalized spacial score (nSPS) is 33.2. The van der Waals surface area contributed by atoms with Gasteiger partial charge in [-0.3, -0.25) is 60.7 Å². The van der Waals surface area contributed by atoms with Gasteiger partial charge in [0.05, 0.1) is 94.9 Å². The Morgan fingerprint density at radius 3 is 0.970 bits per heavy atom. The number of carboxylic acid groups (broad SMARTS) is 2. The van der Waals surface area contributed by atoms with Gasteiger partial charge in [-0.2, -0.15) is 5.10 Å². The Morgan fingerprint density at radius 1 is 0.383 bits per heavy atom. The zero-order valence-electron chi connectivity index (χ0n) is 73.0. The van der Waals surface area contributed by atoms with E-state index in [1.807, 2.05) is 27.1 Å². The van der Waals surface area contributed by atoms with Crippen molar-refractivity contribution in [2.75, 3.05) is 109 Å². The Kier molecular flexibility index (Phi) is 59.0. The van der Waals surface area contributed by atoms with Gasteiger partial charge >= 0.3 is 59.1 Å². The van der Waals surface area contributed by atoms with Crippen molar-refractivity contribution < 1.29 is 297 Å². The molecule has 6 rings (SSSR count). The second kappa shape index (κ2) is 64.0. The Hall–Kier alpha value is -6.36. The van der Waals surface area contributed by atoms with Crippen molar-refractivity contribution in [1.82, 2.24) is 53.8 Å². The summed E-state index contributed by atoms with van der Waals surface area (Å²) in [6.45, 7) is -3.81. The third-order valence-electron chi connectivity index (χ3n) is 19.8. The number of hydrazone groups is 1. The number of carboxylic acids is 2. The molecule has 6 fully saturated rings. The molecule has 36 atom stereocenters. The number of hydrazine groups is 3. The van der Waals surface area contributed by atoms with Gasteiger partial charge in [0.15, 0.2) is 75.1 Å². The van der Waals surface area contributed by atoms with E-state index >= 15 is 0 Å². The molecule has 24 N–H and O–H groups in total. The fourth-order valence-electron chi connectivity index (χ4n) is 13.4. The van der Waals surface area contributed by atoms with Crippen LogP contribution in [-0.2, 0) is 167 Å². The number of carbonyl (C=O) groups excluding carboxylic acids is 15. The first-order valence-corrected chi connectivity index (χ1v) is 39.0. The van der Waals surface area contributed by atoms with Crippen molar-refractivity contribution in [3.8, 4) is 0 Å². The van der Waals surface area contributed by atoms with Crippen LogP contribution in [0, 0.1) is 0 Å². The maximum absolute atomic E-state index is 13.3. The molecule has 6 aliphatic rings. The molecule has 61 nitrogen and oxygen atoms in total. The Bertz CT molecular complexity index is 3600. The van der Waals surface area contributed by atoms with Crippen LogP contribution in [-0.4, -0.2) is 489 Å². The number of hydrogen-bond donors (Lipinski definition) is 23. The van der Waals surface area contributed by atoms with E-state index in [1.165, 1.54) is 28.4 Å². The van der Waals surface area contributed by atoms with Crippen molar-refractivity contribution in [2.45, 2.75) is 234 Å². The van der Waals surface area contributed by atoms with E-state index in [0.717, 1.165) is 28.4 Å². The summed E-state index contributed by atoms with van der Waals surface area (Å²) in [6.07, 6.45) is -49.8. The fourth-order valence-corrected chi connectivity index (χ4v) is 13.4. The quantitative estimate of drug-likeness (QED) is 0.00393. The number of nitrogens with two attached hydrogens (primary N) is 1. The molecular weight excluding hydrogens is 1840 g/mol. The number of nitrogens with one attached hydrogen (secondary N) is 10. The molecule has 0 aromatic rings. The molecule has 6 heterocycles. The van der Waals surface area contributed by atoms with E-state index in [9.17, 15) is 143 Å². The van der Waals surface area contributed by atoms with Crippen LogP contribution < -0.4 is 129 Å². The second-order valence-corrected chi connectivity index (χ2v) is 27.9. The van der Waals surface area contributed by atoms with Gasteiger partial charge in [-0.15, -0.1) is 0 Å². The number of aliphatic carboxylic acids is 2. The van der Waals surface area contributed by atoms with Gasteiger partial charge in [0.25, 0.3) is 11.8 Å². The molecule has 63 heteroatoms. The molecule has 0 aromatic heterocycles. The molecular formula is C70H112N12Na2O49. The van der Waals surface area contributed by atoms with Crippen LogP contribution in [0.2, 0.25) is 0 Å². The van der Waals surface area contributed by atoms with Gasteiger partial charge in [0.2, 0.25) is 29.9 Å². The predicted molar refractivity (Wildman–Crippen MR) is 407 cm³/mol. The fraction of sp³-hybridized carbons (Fsp3) is 0.771. The monoisotopic (exact) mass is 1950 g/mol. The first kappa shape index (κ1) is 123. The van der Waals surface area contributed by atoms with Crippen molar-refractivity contribution in [1.29, 1.82) is 0 Å². The van der Waals surface area contributed by atoms with Gasteiger partial charge in [0, 0.05) is 56.9 Å². The van der Waals surface area contributed by atoms with E-state index in [-0.39, 0.29) is 104 Å². The number of methoxy groups -OCH3 is 8. The molecule has 0 aromatic carbocycles. The van der Waals surface area contributed by atoms with Crippen LogP contribution in [0.15, 0.2) is 5.10 Å². The van der Waals surface area contributed by atoms with Crippen LogP contribution in [0.4, 0.5) is 0 Å². The topological polar surface area (TPSA) is 888 Å². The number of hydrogen-bond acceptors (Lipinski definition) is 55. The van der Waals surface area contributed by atoms with Crippen LogP contribution in [0.25, 0.3) is 0 Å². The molecule has 6 aliphatic heterocycles. The summed E-state index contributed by atoms with van der Waals surface area (Å²) in [4.78, 5) is 175. The smallest absolute Gasteiger partial charge is 0.547 e. The first-order valence-electron chi connectivity index (χ1n) is 39.0. The Morgan fingerprint density at radius 2 is 0.692 bits per heavy atom. The van der Waals surface area contributed by atoms with E-state index < -0.39 is 308 Å². The number of carbonyl (C=O) groups is 15. The molecule has 0 bridgehead atoms. The predicted octanol–water partition coefficient (Wildman–Crippen LogP) is -28.3. The van der Waals surface area contributed by atoms with Crippen LogP contribution in [0.1, 0.15) is 12.8 Å².